The van der Waals surface area contributed by atoms with Gasteiger partial charge in [0.2, 0.25) is 0 Å². The smallest absolute Gasteiger partial charge is 0.290 e. The number of nitrogens with zero attached hydrogens (tertiary/aromatic N) is 1. The largest absolute Gasteiger partial charge is 0.494 e. The molecule has 66 valence electrons. The molecule has 1 rings (SSSR count). The summed E-state index contributed by atoms with van der Waals surface area (Å²) in [5.41, 5.74) is 0. The summed E-state index contributed by atoms with van der Waals surface area (Å²) in [5, 5.41) is 7.29. The van der Waals surface area contributed by atoms with E-state index in [1.54, 1.807) is 25.4 Å². The fourth-order valence-electron chi connectivity index (χ4n) is 0.524. The first-order valence-corrected chi connectivity index (χ1v) is 3.36. The molecule has 0 fully saturated rings. The van der Waals surface area contributed by atoms with Gasteiger partial charge < -0.3 is 9.84 Å². The van der Waals surface area contributed by atoms with Crippen LogP contribution in [0.25, 0.3) is 0 Å². The molecule has 1 heterocycles. The lowest BCUT2D eigenvalue weighted by atomic mass is 10.5. The normalized spacial score (nSPS) is 7.83. The molecule has 0 aliphatic rings. The van der Waals surface area contributed by atoms with Gasteiger partial charge in [-0.1, -0.05) is 11.6 Å². The van der Waals surface area contributed by atoms with Crippen molar-refractivity contribution in [2.75, 3.05) is 7.11 Å². The number of pyridine rings is 1. The molecule has 0 aliphatic carbocycles. The van der Waals surface area contributed by atoms with Crippen LogP contribution < -0.4 is 4.74 Å². The first-order valence-electron chi connectivity index (χ1n) is 2.98. The minimum Gasteiger partial charge on any atom is -0.494 e. The van der Waals surface area contributed by atoms with Crippen molar-refractivity contribution in [2.45, 2.75) is 0 Å². The van der Waals surface area contributed by atoms with Gasteiger partial charge in [-0.3, -0.25) is 4.79 Å². The molecule has 0 bridgehead atoms. The minimum atomic E-state index is -0.250. The molecule has 4 nitrogen and oxygen atoms in total. The number of halogens is 1. The topological polar surface area (TPSA) is 59.4 Å². The second kappa shape index (κ2) is 6.42. The molecule has 1 aromatic rings. The highest BCUT2D eigenvalue weighted by Crippen LogP contribution is 2.18. The Morgan fingerprint density at radius 2 is 2.33 bits per heavy atom. The number of hydrogen-bond acceptors (Lipinski definition) is 3. The average Bonchev–Trinajstić information content (AvgIpc) is 2.07. The lowest BCUT2D eigenvalue weighted by molar-refractivity contribution is -0.122. The third-order valence-corrected chi connectivity index (χ3v) is 1.23. The van der Waals surface area contributed by atoms with Crippen molar-refractivity contribution >= 4 is 18.1 Å². The van der Waals surface area contributed by atoms with Gasteiger partial charge in [0.25, 0.3) is 6.47 Å². The molecule has 0 saturated carbocycles. The third kappa shape index (κ3) is 3.78. The first kappa shape index (κ1) is 10.7. The Bertz CT molecular complexity index is 242. The lowest BCUT2D eigenvalue weighted by Gasteiger charge is -1.97. The zero-order chi connectivity index (χ0) is 9.40. The number of ether oxygens (including phenoxy) is 1. The van der Waals surface area contributed by atoms with E-state index in [-0.39, 0.29) is 6.47 Å². The summed E-state index contributed by atoms with van der Waals surface area (Å²) >= 11 is 5.59. The van der Waals surface area contributed by atoms with Crippen molar-refractivity contribution in [3.05, 3.63) is 23.5 Å². The van der Waals surface area contributed by atoms with Crippen molar-refractivity contribution < 1.29 is 14.6 Å². The maximum atomic E-state index is 8.36. The predicted molar refractivity (Wildman–Crippen MR) is 44.5 cm³/mol. The second-order valence-electron chi connectivity index (χ2n) is 1.60. The quantitative estimate of drug-likeness (QED) is 0.537. The van der Waals surface area contributed by atoms with Crippen LogP contribution in [0.15, 0.2) is 18.3 Å². The summed E-state index contributed by atoms with van der Waals surface area (Å²) in [6, 6.07) is 3.53. The van der Waals surface area contributed by atoms with Crippen LogP contribution in [0.4, 0.5) is 0 Å². The van der Waals surface area contributed by atoms with Crippen molar-refractivity contribution in [3.8, 4) is 5.75 Å². The molecule has 0 aliphatic heterocycles. The molecule has 1 aromatic heterocycles. The summed E-state index contributed by atoms with van der Waals surface area (Å²) in [4.78, 5) is 12.2. The Balaban J connectivity index is 0.000000354. The van der Waals surface area contributed by atoms with Crippen LogP contribution in [0.3, 0.4) is 0 Å². The standard InChI is InChI=1S/C6H6ClNO.CH2O2/c1-9-5-3-2-4-8-6(5)7;2-1-3/h2-4H,1H3;1H,(H,2,3). The summed E-state index contributed by atoms with van der Waals surface area (Å²) in [6.45, 7) is -0.250. The van der Waals surface area contributed by atoms with Gasteiger partial charge in [-0.05, 0) is 12.1 Å². The molecule has 0 unspecified atom stereocenters. The van der Waals surface area contributed by atoms with Crippen LogP contribution >= 0.6 is 11.6 Å². The highest BCUT2D eigenvalue weighted by molar-refractivity contribution is 6.30. The van der Waals surface area contributed by atoms with Crippen LogP contribution in [-0.2, 0) is 4.79 Å². The van der Waals surface area contributed by atoms with Crippen molar-refractivity contribution in [1.82, 2.24) is 4.98 Å². The number of carbonyl (C=O) groups is 1. The Morgan fingerprint density at radius 1 is 1.75 bits per heavy atom. The summed E-state index contributed by atoms with van der Waals surface area (Å²) in [7, 11) is 1.56. The Hall–Kier alpha value is -1.29. The molecule has 12 heavy (non-hydrogen) atoms. The minimum absolute atomic E-state index is 0.250. The lowest BCUT2D eigenvalue weighted by Crippen LogP contribution is -1.84. The van der Waals surface area contributed by atoms with Crippen LogP contribution in [0.2, 0.25) is 5.15 Å². The van der Waals surface area contributed by atoms with Gasteiger partial charge in [-0.2, -0.15) is 0 Å². The summed E-state index contributed by atoms with van der Waals surface area (Å²) < 4.78 is 4.85. The molecule has 0 amide bonds. The maximum absolute atomic E-state index is 8.36. The highest BCUT2D eigenvalue weighted by atomic mass is 35.5. The Labute approximate surface area is 74.8 Å². The van der Waals surface area contributed by atoms with Gasteiger partial charge in [-0.15, -0.1) is 0 Å². The fourth-order valence-corrected chi connectivity index (χ4v) is 0.720. The molecule has 0 spiro atoms. The van der Waals surface area contributed by atoms with E-state index >= 15 is 0 Å². The van der Waals surface area contributed by atoms with Crippen LogP contribution in [0.1, 0.15) is 0 Å². The van der Waals surface area contributed by atoms with E-state index < -0.39 is 0 Å². The molecule has 0 aromatic carbocycles. The number of methoxy groups -OCH3 is 1. The second-order valence-corrected chi connectivity index (χ2v) is 1.96. The Kier molecular flexibility index (Phi) is 5.73. The first-order chi connectivity index (χ1) is 5.76. The van der Waals surface area contributed by atoms with E-state index in [0.29, 0.717) is 10.9 Å². The number of rotatable bonds is 1. The van der Waals surface area contributed by atoms with Gasteiger partial charge in [0.1, 0.15) is 0 Å². The summed E-state index contributed by atoms with van der Waals surface area (Å²) in [5.74, 6) is 0.610. The SMILES string of the molecule is COc1cccnc1Cl.O=CO. The fraction of sp³-hybridized carbons (Fsp3) is 0.143. The van der Waals surface area contributed by atoms with Crippen LogP contribution in [0, 0.1) is 0 Å². The number of carboxylic acid groups (broad SMARTS) is 1. The Morgan fingerprint density at radius 3 is 2.67 bits per heavy atom. The number of aromatic nitrogens is 1. The zero-order valence-corrected chi connectivity index (χ0v) is 7.15. The van der Waals surface area contributed by atoms with Gasteiger partial charge in [0, 0.05) is 6.20 Å². The monoisotopic (exact) mass is 189 g/mol. The van der Waals surface area contributed by atoms with E-state index in [1.165, 1.54) is 0 Å². The maximum Gasteiger partial charge on any atom is 0.290 e. The van der Waals surface area contributed by atoms with Gasteiger partial charge >= 0.3 is 0 Å². The molecular weight excluding hydrogens is 182 g/mol. The molecule has 0 saturated heterocycles. The van der Waals surface area contributed by atoms with E-state index in [9.17, 15) is 0 Å². The average molecular weight is 190 g/mol. The summed E-state index contributed by atoms with van der Waals surface area (Å²) in [6.07, 6.45) is 1.62. The zero-order valence-electron chi connectivity index (χ0n) is 6.40. The molecule has 1 N–H and O–H groups in total. The van der Waals surface area contributed by atoms with Gasteiger partial charge in [-0.25, -0.2) is 4.98 Å². The molecule has 0 atom stereocenters. The highest BCUT2D eigenvalue weighted by Gasteiger charge is 1.95. The third-order valence-electron chi connectivity index (χ3n) is 0.945. The van der Waals surface area contributed by atoms with E-state index in [1.807, 2.05) is 0 Å². The predicted octanol–water partition coefficient (Wildman–Crippen LogP) is 1.44. The van der Waals surface area contributed by atoms with Crippen molar-refractivity contribution in [1.29, 1.82) is 0 Å². The molecule has 5 heteroatoms. The van der Waals surface area contributed by atoms with Gasteiger partial charge in [0.15, 0.2) is 10.9 Å². The van der Waals surface area contributed by atoms with E-state index in [4.69, 9.17) is 26.2 Å². The van der Waals surface area contributed by atoms with E-state index in [2.05, 4.69) is 4.98 Å². The van der Waals surface area contributed by atoms with Crippen molar-refractivity contribution in [3.63, 3.8) is 0 Å². The number of hydrogen-bond donors (Lipinski definition) is 1. The van der Waals surface area contributed by atoms with Crippen LogP contribution in [0.5, 0.6) is 5.75 Å². The molecule has 0 radical (unpaired) electrons. The molecular formula is C7H8ClNO3. The van der Waals surface area contributed by atoms with E-state index in [0.717, 1.165) is 0 Å². The van der Waals surface area contributed by atoms with Crippen molar-refractivity contribution in [2.24, 2.45) is 0 Å². The van der Waals surface area contributed by atoms with Gasteiger partial charge in [0.05, 0.1) is 7.11 Å². The van der Waals surface area contributed by atoms with Crippen LogP contribution in [-0.4, -0.2) is 23.7 Å².